The molecule has 0 bridgehead atoms. The van der Waals surface area contributed by atoms with Gasteiger partial charge in [0.05, 0.1) is 17.6 Å². The van der Waals surface area contributed by atoms with E-state index in [4.69, 9.17) is 0 Å². The highest BCUT2D eigenvalue weighted by Crippen LogP contribution is 2.29. The number of thiazole rings is 1. The number of nitrogens with one attached hydrogen (secondary N) is 2. The minimum atomic E-state index is -0.110. The van der Waals surface area contributed by atoms with Gasteiger partial charge in [0.2, 0.25) is 0 Å². The van der Waals surface area contributed by atoms with Crippen LogP contribution in [-0.2, 0) is 0 Å². The molecule has 0 aliphatic carbocycles. The predicted molar refractivity (Wildman–Crippen MR) is 105 cm³/mol. The smallest absolute Gasteiger partial charge is 0.267 e. The first-order valence-electron chi connectivity index (χ1n) is 8.16. The molecular formula is C18H18N4OS2. The van der Waals surface area contributed by atoms with Crippen LogP contribution in [0.1, 0.15) is 9.67 Å². The van der Waals surface area contributed by atoms with E-state index in [1.807, 2.05) is 35.0 Å². The van der Waals surface area contributed by atoms with Crippen molar-refractivity contribution in [3.63, 3.8) is 0 Å². The van der Waals surface area contributed by atoms with Crippen LogP contribution in [-0.4, -0.2) is 37.1 Å². The molecule has 1 fully saturated rings. The van der Waals surface area contributed by atoms with Gasteiger partial charge in [0.1, 0.15) is 9.88 Å². The second-order valence-corrected chi connectivity index (χ2v) is 7.56. The molecular weight excluding hydrogens is 352 g/mol. The van der Waals surface area contributed by atoms with Crippen molar-refractivity contribution in [1.82, 2.24) is 10.3 Å². The maximum Gasteiger partial charge on any atom is 0.267 e. The predicted octanol–water partition coefficient (Wildman–Crippen LogP) is 3.53. The van der Waals surface area contributed by atoms with Crippen LogP contribution in [0.25, 0.3) is 10.6 Å². The maximum absolute atomic E-state index is 12.7. The number of rotatable bonds is 4. The number of benzene rings is 1. The van der Waals surface area contributed by atoms with Crippen LogP contribution < -0.4 is 15.5 Å². The highest BCUT2D eigenvalue weighted by molar-refractivity contribution is 7.17. The molecule has 25 heavy (non-hydrogen) atoms. The van der Waals surface area contributed by atoms with E-state index in [0.29, 0.717) is 4.88 Å². The van der Waals surface area contributed by atoms with Gasteiger partial charge in [-0.05, 0) is 23.6 Å². The van der Waals surface area contributed by atoms with Crippen LogP contribution in [0.2, 0.25) is 0 Å². The van der Waals surface area contributed by atoms with Gasteiger partial charge < -0.3 is 15.5 Å². The Morgan fingerprint density at radius 3 is 2.84 bits per heavy atom. The standard InChI is InChI=1S/C18H18N4OS2/c23-17(16-11-20-18(25-16)13-5-10-24-12-13)21-14-3-1-2-4-15(14)22-8-6-19-7-9-22/h1-5,10-12,19H,6-9H2,(H,21,23). The highest BCUT2D eigenvalue weighted by atomic mass is 32.1. The van der Waals surface area contributed by atoms with Crippen LogP contribution >= 0.6 is 22.7 Å². The molecule has 4 rings (SSSR count). The van der Waals surface area contributed by atoms with Crippen molar-refractivity contribution in [2.45, 2.75) is 0 Å². The number of piperazine rings is 1. The van der Waals surface area contributed by atoms with Crippen molar-refractivity contribution >= 4 is 40.0 Å². The lowest BCUT2D eigenvalue weighted by molar-refractivity contribution is 0.103. The molecule has 1 amide bonds. The van der Waals surface area contributed by atoms with Crippen molar-refractivity contribution in [2.24, 2.45) is 0 Å². The largest absolute Gasteiger partial charge is 0.367 e. The van der Waals surface area contributed by atoms with Crippen molar-refractivity contribution in [3.05, 3.63) is 52.2 Å². The topological polar surface area (TPSA) is 57.3 Å². The van der Waals surface area contributed by atoms with Gasteiger partial charge in [-0.2, -0.15) is 11.3 Å². The van der Waals surface area contributed by atoms with E-state index >= 15 is 0 Å². The highest BCUT2D eigenvalue weighted by Gasteiger charge is 2.17. The zero-order chi connectivity index (χ0) is 17.1. The van der Waals surface area contributed by atoms with E-state index < -0.39 is 0 Å². The van der Waals surface area contributed by atoms with Gasteiger partial charge in [-0.15, -0.1) is 11.3 Å². The number of anilines is 2. The Morgan fingerprint density at radius 2 is 2.04 bits per heavy atom. The van der Waals surface area contributed by atoms with Crippen LogP contribution in [0.5, 0.6) is 0 Å². The molecule has 0 radical (unpaired) electrons. The van der Waals surface area contributed by atoms with Gasteiger partial charge in [-0.1, -0.05) is 12.1 Å². The molecule has 3 aromatic rings. The monoisotopic (exact) mass is 370 g/mol. The number of hydrogen-bond donors (Lipinski definition) is 2. The van der Waals surface area contributed by atoms with Gasteiger partial charge in [0, 0.05) is 37.1 Å². The second kappa shape index (κ2) is 7.35. The van der Waals surface area contributed by atoms with Gasteiger partial charge in [-0.25, -0.2) is 4.98 Å². The summed E-state index contributed by atoms with van der Waals surface area (Å²) in [4.78, 5) is 20.0. The number of carbonyl (C=O) groups is 1. The molecule has 7 heteroatoms. The molecule has 2 N–H and O–H groups in total. The quantitative estimate of drug-likeness (QED) is 0.738. The summed E-state index contributed by atoms with van der Waals surface area (Å²) in [5.41, 5.74) is 2.98. The van der Waals surface area contributed by atoms with Crippen LogP contribution in [0.15, 0.2) is 47.3 Å². The van der Waals surface area contributed by atoms with Crippen molar-refractivity contribution in [3.8, 4) is 10.6 Å². The van der Waals surface area contributed by atoms with E-state index in [1.165, 1.54) is 11.3 Å². The Balaban J connectivity index is 1.53. The lowest BCUT2D eigenvalue weighted by Crippen LogP contribution is -2.43. The summed E-state index contributed by atoms with van der Waals surface area (Å²) in [6.07, 6.45) is 1.65. The summed E-state index contributed by atoms with van der Waals surface area (Å²) in [5.74, 6) is -0.110. The minimum Gasteiger partial charge on any atom is -0.367 e. The fourth-order valence-electron chi connectivity index (χ4n) is 2.84. The van der Waals surface area contributed by atoms with E-state index in [-0.39, 0.29) is 5.91 Å². The van der Waals surface area contributed by atoms with E-state index in [0.717, 1.165) is 48.1 Å². The van der Waals surface area contributed by atoms with Gasteiger partial charge in [0.15, 0.2) is 0 Å². The molecule has 5 nitrogen and oxygen atoms in total. The van der Waals surface area contributed by atoms with Crippen LogP contribution in [0.4, 0.5) is 11.4 Å². The molecule has 0 atom stereocenters. The van der Waals surface area contributed by atoms with E-state index in [1.54, 1.807) is 17.5 Å². The van der Waals surface area contributed by atoms with Crippen LogP contribution in [0, 0.1) is 0 Å². The zero-order valence-corrected chi connectivity index (χ0v) is 15.2. The Morgan fingerprint density at radius 1 is 1.20 bits per heavy atom. The van der Waals surface area contributed by atoms with Crippen molar-refractivity contribution < 1.29 is 4.79 Å². The molecule has 1 aromatic carbocycles. The molecule has 1 aliphatic heterocycles. The number of para-hydroxylation sites is 2. The summed E-state index contributed by atoms with van der Waals surface area (Å²) in [6, 6.07) is 9.99. The summed E-state index contributed by atoms with van der Waals surface area (Å²) in [5, 5.41) is 11.3. The summed E-state index contributed by atoms with van der Waals surface area (Å²) >= 11 is 3.05. The first-order valence-corrected chi connectivity index (χ1v) is 9.91. The van der Waals surface area contributed by atoms with Gasteiger partial charge in [-0.3, -0.25) is 4.79 Å². The molecule has 0 spiro atoms. The third kappa shape index (κ3) is 3.58. The molecule has 0 saturated carbocycles. The maximum atomic E-state index is 12.7. The Labute approximate surface area is 154 Å². The SMILES string of the molecule is O=C(Nc1ccccc1N1CCNCC1)c1cnc(-c2ccsc2)s1. The number of hydrogen-bond acceptors (Lipinski definition) is 6. The number of nitrogens with zero attached hydrogens (tertiary/aromatic N) is 2. The number of thiophene rings is 1. The Kier molecular flexibility index (Phi) is 4.78. The molecule has 2 aromatic heterocycles. The summed E-state index contributed by atoms with van der Waals surface area (Å²) in [6.45, 7) is 3.80. The molecule has 0 unspecified atom stereocenters. The van der Waals surface area contributed by atoms with Crippen LogP contribution in [0.3, 0.4) is 0 Å². The van der Waals surface area contributed by atoms with E-state index in [9.17, 15) is 4.79 Å². The molecule has 128 valence electrons. The first kappa shape index (κ1) is 16.3. The summed E-state index contributed by atoms with van der Waals surface area (Å²) in [7, 11) is 0. The van der Waals surface area contributed by atoms with Gasteiger partial charge in [0.25, 0.3) is 5.91 Å². The number of aromatic nitrogens is 1. The second-order valence-electron chi connectivity index (χ2n) is 5.75. The Bertz CT molecular complexity index is 854. The molecule has 3 heterocycles. The lowest BCUT2D eigenvalue weighted by Gasteiger charge is -2.31. The number of carbonyl (C=O) groups excluding carboxylic acids is 1. The van der Waals surface area contributed by atoms with Crippen molar-refractivity contribution in [2.75, 3.05) is 36.4 Å². The first-order chi connectivity index (χ1) is 12.3. The van der Waals surface area contributed by atoms with Gasteiger partial charge >= 0.3 is 0 Å². The normalized spacial score (nSPS) is 14.5. The summed E-state index contributed by atoms with van der Waals surface area (Å²) < 4.78 is 0. The number of amides is 1. The fourth-order valence-corrected chi connectivity index (χ4v) is 4.37. The molecule has 1 saturated heterocycles. The van der Waals surface area contributed by atoms with Crippen molar-refractivity contribution in [1.29, 1.82) is 0 Å². The average Bonchev–Trinajstić information content (AvgIpc) is 3.34. The fraction of sp³-hybridized carbons (Fsp3) is 0.222. The lowest BCUT2D eigenvalue weighted by atomic mass is 10.2. The van der Waals surface area contributed by atoms with E-state index in [2.05, 4.69) is 26.6 Å². The Hall–Kier alpha value is -2.22. The minimum absolute atomic E-state index is 0.110. The molecule has 1 aliphatic rings. The third-order valence-corrected chi connectivity index (χ3v) is 5.84. The average molecular weight is 371 g/mol. The zero-order valence-electron chi connectivity index (χ0n) is 13.6. The third-order valence-electron chi connectivity index (χ3n) is 4.11.